The van der Waals surface area contributed by atoms with Gasteiger partial charge in [0.2, 0.25) is 0 Å². The number of furan rings is 1. The second-order valence-corrected chi connectivity index (χ2v) is 4.41. The summed E-state index contributed by atoms with van der Waals surface area (Å²) in [6.07, 6.45) is 2.81. The van der Waals surface area contributed by atoms with Gasteiger partial charge in [-0.2, -0.15) is 0 Å². The van der Waals surface area contributed by atoms with E-state index in [1.165, 1.54) is 25.5 Å². The van der Waals surface area contributed by atoms with Gasteiger partial charge in [0.25, 0.3) is 5.91 Å². The second kappa shape index (κ2) is 6.76. The van der Waals surface area contributed by atoms with Crippen LogP contribution in [0, 0.1) is 0 Å². The topological polar surface area (TPSA) is 68.5 Å². The monoisotopic (exact) mass is 305 g/mol. The highest BCUT2D eigenvalue weighted by atomic mass is 35.5. The molecule has 5 nitrogen and oxygen atoms in total. The molecule has 2 aromatic rings. The fourth-order valence-corrected chi connectivity index (χ4v) is 1.79. The van der Waals surface area contributed by atoms with Crippen molar-refractivity contribution in [2.24, 2.45) is 0 Å². The van der Waals surface area contributed by atoms with Gasteiger partial charge in [-0.05, 0) is 29.8 Å². The van der Waals surface area contributed by atoms with Crippen molar-refractivity contribution >= 4 is 29.6 Å². The molecule has 1 aromatic heterocycles. The van der Waals surface area contributed by atoms with E-state index in [1.807, 2.05) is 0 Å². The first kappa shape index (κ1) is 14.9. The Hall–Kier alpha value is -2.53. The number of esters is 1. The van der Waals surface area contributed by atoms with Crippen LogP contribution < -0.4 is 5.32 Å². The SMILES string of the molecule is COC(=O)C(=Cc1ccccc1Cl)NC(=O)c1ccco1. The van der Waals surface area contributed by atoms with Crippen molar-refractivity contribution in [3.05, 3.63) is 64.7 Å². The van der Waals surface area contributed by atoms with Crippen LogP contribution in [-0.2, 0) is 9.53 Å². The lowest BCUT2D eigenvalue weighted by Gasteiger charge is -2.07. The number of amides is 1. The maximum Gasteiger partial charge on any atom is 0.354 e. The van der Waals surface area contributed by atoms with Crippen molar-refractivity contribution in [1.82, 2.24) is 5.32 Å². The molecule has 0 aliphatic heterocycles. The van der Waals surface area contributed by atoms with Gasteiger partial charge in [-0.25, -0.2) is 4.79 Å². The van der Waals surface area contributed by atoms with Gasteiger partial charge >= 0.3 is 5.97 Å². The summed E-state index contributed by atoms with van der Waals surface area (Å²) >= 11 is 6.02. The fraction of sp³-hybridized carbons (Fsp3) is 0.0667. The van der Waals surface area contributed by atoms with Crippen molar-refractivity contribution in [2.45, 2.75) is 0 Å². The zero-order valence-electron chi connectivity index (χ0n) is 11.1. The van der Waals surface area contributed by atoms with E-state index in [2.05, 4.69) is 10.1 Å². The standard InChI is InChI=1S/C15H12ClNO4/c1-20-15(19)12(9-10-5-2-3-6-11(10)16)17-14(18)13-7-4-8-21-13/h2-9H,1H3,(H,17,18). The van der Waals surface area contributed by atoms with Crippen molar-refractivity contribution < 1.29 is 18.7 Å². The lowest BCUT2D eigenvalue weighted by Crippen LogP contribution is -2.27. The molecule has 1 heterocycles. The predicted molar refractivity (Wildman–Crippen MR) is 77.6 cm³/mol. The Bertz CT molecular complexity index is 677. The number of hydrogen-bond donors (Lipinski definition) is 1. The van der Waals surface area contributed by atoms with Gasteiger partial charge in [-0.15, -0.1) is 0 Å². The maximum atomic E-state index is 11.9. The number of benzene rings is 1. The summed E-state index contributed by atoms with van der Waals surface area (Å²) in [5.41, 5.74) is 0.548. The van der Waals surface area contributed by atoms with Gasteiger partial charge in [-0.3, -0.25) is 4.79 Å². The summed E-state index contributed by atoms with van der Waals surface area (Å²) in [4.78, 5) is 23.7. The lowest BCUT2D eigenvalue weighted by atomic mass is 10.2. The Kier molecular flexibility index (Phi) is 4.79. The Morgan fingerprint density at radius 3 is 2.62 bits per heavy atom. The van der Waals surface area contributed by atoms with Crippen molar-refractivity contribution in [3.63, 3.8) is 0 Å². The largest absolute Gasteiger partial charge is 0.464 e. The average molecular weight is 306 g/mol. The molecule has 1 amide bonds. The van der Waals surface area contributed by atoms with Gasteiger partial charge in [0.1, 0.15) is 5.70 Å². The number of rotatable bonds is 4. The van der Waals surface area contributed by atoms with E-state index < -0.39 is 11.9 Å². The van der Waals surface area contributed by atoms with Gasteiger partial charge in [-0.1, -0.05) is 29.8 Å². The number of halogens is 1. The Labute approximate surface area is 126 Å². The molecule has 0 atom stereocenters. The molecule has 1 N–H and O–H groups in total. The summed E-state index contributed by atoms with van der Waals surface area (Å²) in [6.45, 7) is 0. The first-order valence-electron chi connectivity index (χ1n) is 6.01. The van der Waals surface area contributed by atoms with Crippen LogP contribution in [0.25, 0.3) is 6.08 Å². The number of carbonyl (C=O) groups excluding carboxylic acids is 2. The molecule has 0 spiro atoms. The van der Waals surface area contributed by atoms with E-state index >= 15 is 0 Å². The average Bonchev–Trinajstić information content (AvgIpc) is 3.02. The van der Waals surface area contributed by atoms with E-state index in [9.17, 15) is 9.59 Å². The normalized spacial score (nSPS) is 11.0. The van der Waals surface area contributed by atoms with E-state index in [4.69, 9.17) is 16.0 Å². The van der Waals surface area contributed by atoms with E-state index in [0.29, 0.717) is 10.6 Å². The number of ether oxygens (including phenoxy) is 1. The van der Waals surface area contributed by atoms with Crippen LogP contribution in [0.3, 0.4) is 0 Å². The zero-order chi connectivity index (χ0) is 15.2. The van der Waals surface area contributed by atoms with Crippen LogP contribution in [0.1, 0.15) is 16.1 Å². The smallest absolute Gasteiger partial charge is 0.354 e. The molecule has 0 unspecified atom stereocenters. The summed E-state index contributed by atoms with van der Waals surface area (Å²) in [6, 6.07) is 9.98. The minimum Gasteiger partial charge on any atom is -0.464 e. The summed E-state index contributed by atoms with van der Waals surface area (Å²) in [5, 5.41) is 2.89. The highest BCUT2D eigenvalue weighted by Gasteiger charge is 2.16. The molecule has 0 saturated carbocycles. The molecule has 0 bridgehead atoms. The van der Waals surface area contributed by atoms with Crippen LogP contribution in [0.4, 0.5) is 0 Å². The molecule has 108 valence electrons. The molecule has 2 rings (SSSR count). The number of nitrogens with one attached hydrogen (secondary N) is 1. The van der Waals surface area contributed by atoms with Gasteiger partial charge in [0, 0.05) is 5.02 Å². The molecule has 0 aliphatic rings. The quantitative estimate of drug-likeness (QED) is 0.696. The molecule has 21 heavy (non-hydrogen) atoms. The lowest BCUT2D eigenvalue weighted by molar-refractivity contribution is -0.136. The van der Waals surface area contributed by atoms with Crippen LogP contribution in [0.15, 0.2) is 52.8 Å². The number of hydrogen-bond acceptors (Lipinski definition) is 4. The molecule has 0 aliphatic carbocycles. The van der Waals surface area contributed by atoms with E-state index in [0.717, 1.165) is 0 Å². The Morgan fingerprint density at radius 1 is 1.24 bits per heavy atom. The first-order chi connectivity index (χ1) is 10.1. The molecular formula is C15H12ClNO4. The second-order valence-electron chi connectivity index (χ2n) is 4.00. The number of carbonyl (C=O) groups is 2. The Balaban J connectivity index is 2.29. The summed E-state index contributed by atoms with van der Waals surface area (Å²) in [7, 11) is 1.22. The third-order valence-corrected chi connectivity index (χ3v) is 2.95. The molecule has 6 heteroatoms. The maximum absolute atomic E-state index is 11.9. The van der Waals surface area contributed by atoms with Crippen LogP contribution >= 0.6 is 11.6 Å². The van der Waals surface area contributed by atoms with Gasteiger partial charge in [0.15, 0.2) is 5.76 Å². The van der Waals surface area contributed by atoms with Crippen molar-refractivity contribution in [3.8, 4) is 0 Å². The Morgan fingerprint density at radius 2 is 2.00 bits per heavy atom. The zero-order valence-corrected chi connectivity index (χ0v) is 11.9. The van der Waals surface area contributed by atoms with Crippen LogP contribution in [0.5, 0.6) is 0 Å². The number of methoxy groups -OCH3 is 1. The summed E-state index contributed by atoms with van der Waals surface area (Å²) in [5.74, 6) is -1.15. The first-order valence-corrected chi connectivity index (χ1v) is 6.39. The molecule has 1 aromatic carbocycles. The summed E-state index contributed by atoms with van der Waals surface area (Å²) < 4.78 is 9.61. The van der Waals surface area contributed by atoms with Crippen molar-refractivity contribution in [1.29, 1.82) is 0 Å². The molecule has 0 radical (unpaired) electrons. The minimum absolute atomic E-state index is 0.0352. The van der Waals surface area contributed by atoms with Crippen LogP contribution in [-0.4, -0.2) is 19.0 Å². The predicted octanol–water partition coefficient (Wildman–Crippen LogP) is 2.88. The van der Waals surface area contributed by atoms with Crippen LogP contribution in [0.2, 0.25) is 5.02 Å². The van der Waals surface area contributed by atoms with Gasteiger partial charge < -0.3 is 14.5 Å². The van der Waals surface area contributed by atoms with Gasteiger partial charge in [0.05, 0.1) is 13.4 Å². The minimum atomic E-state index is -0.685. The van der Waals surface area contributed by atoms with E-state index in [1.54, 1.807) is 30.3 Å². The molecule has 0 saturated heterocycles. The molecular weight excluding hydrogens is 294 g/mol. The van der Waals surface area contributed by atoms with E-state index in [-0.39, 0.29) is 11.5 Å². The van der Waals surface area contributed by atoms with Crippen molar-refractivity contribution in [2.75, 3.05) is 7.11 Å². The highest BCUT2D eigenvalue weighted by Crippen LogP contribution is 2.18. The third kappa shape index (κ3) is 3.73. The molecule has 0 fully saturated rings. The third-order valence-electron chi connectivity index (χ3n) is 2.60. The fourth-order valence-electron chi connectivity index (χ4n) is 1.60. The highest BCUT2D eigenvalue weighted by molar-refractivity contribution is 6.32.